The Morgan fingerprint density at radius 2 is 1.19 bits per heavy atom. The Bertz CT molecular complexity index is 1120. The van der Waals surface area contributed by atoms with Gasteiger partial charge in [0.2, 0.25) is 0 Å². The molecule has 0 saturated carbocycles. The van der Waals surface area contributed by atoms with E-state index in [0.29, 0.717) is 6.04 Å². The van der Waals surface area contributed by atoms with Crippen LogP contribution < -0.4 is 0 Å². The molecule has 0 unspecified atom stereocenters. The summed E-state index contributed by atoms with van der Waals surface area (Å²) < 4.78 is 13.3. The molecule has 0 aliphatic heterocycles. The lowest BCUT2D eigenvalue weighted by Gasteiger charge is -2.26. The molecule has 0 radical (unpaired) electrons. The van der Waals surface area contributed by atoms with E-state index in [9.17, 15) is 4.39 Å². The van der Waals surface area contributed by atoms with E-state index in [2.05, 4.69) is 53.0 Å². The van der Waals surface area contributed by atoms with Gasteiger partial charge in [-0.05, 0) is 60.4 Å². The third-order valence-electron chi connectivity index (χ3n) is 5.38. The maximum absolute atomic E-state index is 13.3. The van der Waals surface area contributed by atoms with E-state index in [-0.39, 0.29) is 5.82 Å². The number of rotatable bonds is 7. The highest BCUT2D eigenvalue weighted by atomic mass is 19.1. The number of halogens is 1. The summed E-state index contributed by atoms with van der Waals surface area (Å²) in [5.74, 6) is -0.231. The van der Waals surface area contributed by atoms with Gasteiger partial charge in [-0.25, -0.2) is 4.39 Å². The van der Waals surface area contributed by atoms with Crippen molar-refractivity contribution in [2.24, 2.45) is 0 Å². The molecule has 0 atom stereocenters. The van der Waals surface area contributed by atoms with Crippen molar-refractivity contribution in [1.29, 1.82) is 0 Å². The number of pyridine rings is 2. The average molecular weight is 412 g/mol. The second-order valence-electron chi connectivity index (χ2n) is 8.04. The summed E-state index contributed by atoms with van der Waals surface area (Å²) in [6, 6.07) is 21.6. The molecular weight excluding hydrogens is 385 g/mol. The fraction of sp³-hybridized carbons (Fsp3) is 0.185. The molecule has 156 valence electrons. The molecule has 0 spiro atoms. The van der Waals surface area contributed by atoms with Gasteiger partial charge in [0, 0.05) is 55.0 Å². The van der Waals surface area contributed by atoms with Crippen LogP contribution in [-0.4, -0.2) is 20.9 Å². The summed E-state index contributed by atoms with van der Waals surface area (Å²) in [4.78, 5) is 11.3. The zero-order valence-corrected chi connectivity index (χ0v) is 17.9. The third kappa shape index (κ3) is 5.41. The Kier molecular flexibility index (Phi) is 6.48. The normalized spacial score (nSPS) is 11.3. The molecular formula is C27H26FN3. The van der Waals surface area contributed by atoms with Gasteiger partial charge in [-0.15, -0.1) is 0 Å². The lowest BCUT2D eigenvalue weighted by molar-refractivity contribution is 0.203. The molecule has 2 aromatic heterocycles. The first-order chi connectivity index (χ1) is 15.1. The van der Waals surface area contributed by atoms with Gasteiger partial charge in [0.15, 0.2) is 0 Å². The van der Waals surface area contributed by atoms with Gasteiger partial charge in [0.05, 0.1) is 0 Å². The summed E-state index contributed by atoms with van der Waals surface area (Å²) in [6.45, 7) is 5.97. The van der Waals surface area contributed by atoms with Crippen molar-refractivity contribution in [3.63, 3.8) is 0 Å². The van der Waals surface area contributed by atoms with Crippen LogP contribution in [0.3, 0.4) is 0 Å². The van der Waals surface area contributed by atoms with Crippen LogP contribution in [0.1, 0.15) is 25.0 Å². The van der Waals surface area contributed by atoms with Crippen LogP contribution in [0.25, 0.3) is 22.3 Å². The van der Waals surface area contributed by atoms with E-state index in [0.717, 1.165) is 35.3 Å². The highest BCUT2D eigenvalue weighted by Crippen LogP contribution is 2.23. The van der Waals surface area contributed by atoms with Crippen LogP contribution in [0, 0.1) is 5.82 Å². The van der Waals surface area contributed by atoms with E-state index < -0.39 is 0 Å². The van der Waals surface area contributed by atoms with Crippen molar-refractivity contribution < 1.29 is 4.39 Å². The Hall–Kier alpha value is -3.37. The van der Waals surface area contributed by atoms with Gasteiger partial charge >= 0.3 is 0 Å². The van der Waals surface area contributed by atoms with Gasteiger partial charge < -0.3 is 0 Å². The van der Waals surface area contributed by atoms with E-state index >= 15 is 0 Å². The fourth-order valence-electron chi connectivity index (χ4n) is 3.63. The van der Waals surface area contributed by atoms with Crippen LogP contribution >= 0.6 is 0 Å². The third-order valence-corrected chi connectivity index (χ3v) is 5.38. The van der Waals surface area contributed by atoms with Crippen LogP contribution in [0.2, 0.25) is 0 Å². The Balaban J connectivity index is 1.53. The van der Waals surface area contributed by atoms with Crippen LogP contribution in [0.4, 0.5) is 4.39 Å². The first kappa shape index (κ1) is 20.9. The monoisotopic (exact) mass is 411 g/mol. The van der Waals surface area contributed by atoms with Crippen molar-refractivity contribution >= 4 is 0 Å². The number of nitrogens with zero attached hydrogens (tertiary/aromatic N) is 3. The Morgan fingerprint density at radius 1 is 0.677 bits per heavy atom. The van der Waals surface area contributed by atoms with Crippen LogP contribution in [-0.2, 0) is 13.1 Å². The Labute approximate surface area is 183 Å². The molecule has 0 bridgehead atoms. The van der Waals surface area contributed by atoms with Crippen molar-refractivity contribution in [2.75, 3.05) is 0 Å². The molecule has 3 nitrogen and oxygen atoms in total. The van der Waals surface area contributed by atoms with Crippen molar-refractivity contribution in [3.05, 3.63) is 108 Å². The van der Waals surface area contributed by atoms with Crippen molar-refractivity contribution in [2.45, 2.75) is 33.0 Å². The van der Waals surface area contributed by atoms with Crippen molar-refractivity contribution in [1.82, 2.24) is 14.9 Å². The second kappa shape index (κ2) is 9.63. The Morgan fingerprint density at radius 3 is 1.71 bits per heavy atom. The second-order valence-corrected chi connectivity index (χ2v) is 8.04. The quantitative estimate of drug-likeness (QED) is 0.354. The molecule has 4 rings (SSSR count). The minimum Gasteiger partial charge on any atom is -0.292 e. The number of aromatic nitrogens is 2. The molecule has 0 amide bonds. The van der Waals surface area contributed by atoms with E-state index in [4.69, 9.17) is 0 Å². The summed E-state index contributed by atoms with van der Waals surface area (Å²) >= 11 is 0. The summed E-state index contributed by atoms with van der Waals surface area (Å²) in [5, 5.41) is 0. The maximum Gasteiger partial charge on any atom is 0.123 e. The predicted octanol–water partition coefficient (Wildman–Crippen LogP) is 6.36. The fourth-order valence-corrected chi connectivity index (χ4v) is 3.63. The highest BCUT2D eigenvalue weighted by Gasteiger charge is 2.13. The van der Waals surface area contributed by atoms with E-state index in [1.54, 1.807) is 12.1 Å². The minimum atomic E-state index is -0.231. The lowest BCUT2D eigenvalue weighted by atomic mass is 10.0. The van der Waals surface area contributed by atoms with Gasteiger partial charge in [-0.1, -0.05) is 42.5 Å². The van der Waals surface area contributed by atoms with Crippen LogP contribution in [0.15, 0.2) is 91.5 Å². The summed E-state index contributed by atoms with van der Waals surface area (Å²) in [5.41, 5.74) is 6.56. The first-order valence-electron chi connectivity index (χ1n) is 10.5. The average Bonchev–Trinajstić information content (AvgIpc) is 2.80. The van der Waals surface area contributed by atoms with Crippen LogP contribution in [0.5, 0.6) is 0 Å². The zero-order chi connectivity index (χ0) is 21.6. The topological polar surface area (TPSA) is 29.0 Å². The highest BCUT2D eigenvalue weighted by molar-refractivity contribution is 5.63. The number of hydrogen-bond acceptors (Lipinski definition) is 3. The zero-order valence-electron chi connectivity index (χ0n) is 17.9. The van der Waals surface area contributed by atoms with Crippen molar-refractivity contribution in [3.8, 4) is 22.3 Å². The maximum atomic E-state index is 13.3. The van der Waals surface area contributed by atoms with Gasteiger partial charge in [-0.3, -0.25) is 14.9 Å². The molecule has 0 fully saturated rings. The van der Waals surface area contributed by atoms with E-state index in [1.165, 1.54) is 23.3 Å². The van der Waals surface area contributed by atoms with Gasteiger partial charge in [0.25, 0.3) is 0 Å². The molecule has 0 saturated heterocycles. The van der Waals surface area contributed by atoms with Gasteiger partial charge in [0.1, 0.15) is 5.82 Å². The first-order valence-corrected chi connectivity index (χ1v) is 10.5. The summed E-state index contributed by atoms with van der Waals surface area (Å²) in [6.07, 6.45) is 7.58. The number of benzene rings is 2. The SMILES string of the molecule is CC(C)N(Cc1cncc(-c2ccccc2)c1)Cc1cncc(-c2ccc(F)cc2)c1. The standard InChI is InChI=1S/C27H26FN3/c1-20(2)31(18-21-12-25(16-29-14-21)23-6-4-3-5-7-23)19-22-13-26(17-30-15-22)24-8-10-27(28)11-9-24/h3-17,20H,18-19H2,1-2H3. The smallest absolute Gasteiger partial charge is 0.123 e. The number of hydrogen-bond donors (Lipinski definition) is 0. The lowest BCUT2D eigenvalue weighted by Crippen LogP contribution is -2.30. The van der Waals surface area contributed by atoms with Gasteiger partial charge in [-0.2, -0.15) is 0 Å². The molecule has 2 heterocycles. The largest absolute Gasteiger partial charge is 0.292 e. The minimum absolute atomic E-state index is 0.231. The molecule has 2 aromatic carbocycles. The molecule has 4 heteroatoms. The molecule has 4 aromatic rings. The predicted molar refractivity (Wildman–Crippen MR) is 124 cm³/mol. The molecule has 31 heavy (non-hydrogen) atoms. The molecule has 0 N–H and O–H groups in total. The summed E-state index contributed by atoms with van der Waals surface area (Å²) in [7, 11) is 0. The molecule has 0 aliphatic rings. The van der Waals surface area contributed by atoms with E-state index in [1.807, 2.05) is 43.0 Å². The molecule has 0 aliphatic carbocycles.